The van der Waals surface area contributed by atoms with Gasteiger partial charge in [-0.05, 0) is 25.0 Å². The predicted octanol–water partition coefficient (Wildman–Crippen LogP) is 3.04. The Balaban J connectivity index is 1.87. The van der Waals surface area contributed by atoms with Gasteiger partial charge in [0.15, 0.2) is 23.3 Å². The first kappa shape index (κ1) is 12.8. The summed E-state index contributed by atoms with van der Waals surface area (Å²) in [6.07, 6.45) is 2.16. The molecule has 108 valence electrons. The van der Waals surface area contributed by atoms with Crippen LogP contribution < -0.4 is 5.32 Å². The van der Waals surface area contributed by atoms with Crippen LogP contribution in [0.1, 0.15) is 35.7 Å². The van der Waals surface area contributed by atoms with E-state index in [4.69, 9.17) is 0 Å². The Morgan fingerprint density at radius 1 is 1.00 bits per heavy atom. The van der Waals surface area contributed by atoms with Gasteiger partial charge in [-0.15, -0.1) is 0 Å². The van der Waals surface area contributed by atoms with Gasteiger partial charge in [0.05, 0.1) is 11.4 Å². The maximum Gasteiger partial charge on any atom is 0.194 e. The van der Waals surface area contributed by atoms with Crippen molar-refractivity contribution in [2.24, 2.45) is 0 Å². The van der Waals surface area contributed by atoms with Gasteiger partial charge >= 0.3 is 0 Å². The van der Waals surface area contributed by atoms with Gasteiger partial charge < -0.3 is 5.32 Å². The number of hydrogen-bond acceptors (Lipinski definition) is 3. The molecule has 1 aromatic heterocycles. The Hall–Kier alpha value is -1.95. The topological polar surface area (TPSA) is 37.8 Å². The van der Waals surface area contributed by atoms with Crippen molar-refractivity contribution < 1.29 is 13.2 Å². The lowest BCUT2D eigenvalue weighted by Crippen LogP contribution is -2.03. The van der Waals surface area contributed by atoms with E-state index in [1.807, 2.05) is 0 Å². The highest BCUT2D eigenvalue weighted by Crippen LogP contribution is 2.42. The number of nitrogens with one attached hydrogen (secondary N) is 1. The zero-order valence-corrected chi connectivity index (χ0v) is 11.1. The molecular formula is C15H12F3N3. The van der Waals surface area contributed by atoms with E-state index in [1.165, 1.54) is 0 Å². The Kier molecular flexibility index (Phi) is 2.75. The fourth-order valence-electron chi connectivity index (χ4n) is 2.70. The number of aromatic nitrogens is 2. The number of halogens is 3. The third-order valence-corrected chi connectivity index (χ3v) is 3.93. The predicted molar refractivity (Wildman–Crippen MR) is 69.9 cm³/mol. The molecule has 0 saturated heterocycles. The second-order valence-electron chi connectivity index (χ2n) is 5.49. The van der Waals surface area contributed by atoms with Crippen LogP contribution in [0.15, 0.2) is 12.1 Å². The minimum absolute atomic E-state index is 0.169. The van der Waals surface area contributed by atoms with Crippen LogP contribution in [0, 0.1) is 17.5 Å². The van der Waals surface area contributed by atoms with Crippen LogP contribution in [0.25, 0.3) is 11.4 Å². The van der Waals surface area contributed by atoms with Crippen molar-refractivity contribution >= 4 is 0 Å². The second-order valence-corrected chi connectivity index (χ2v) is 5.49. The Morgan fingerprint density at radius 2 is 1.71 bits per heavy atom. The quantitative estimate of drug-likeness (QED) is 0.864. The minimum Gasteiger partial charge on any atom is -0.307 e. The highest BCUT2D eigenvalue weighted by Gasteiger charge is 2.31. The van der Waals surface area contributed by atoms with E-state index in [2.05, 4.69) is 15.3 Å². The summed E-state index contributed by atoms with van der Waals surface area (Å²) in [4.78, 5) is 8.86. The fourth-order valence-corrected chi connectivity index (χ4v) is 2.70. The van der Waals surface area contributed by atoms with Gasteiger partial charge in [0.2, 0.25) is 0 Å². The van der Waals surface area contributed by atoms with Crippen molar-refractivity contribution in [1.29, 1.82) is 0 Å². The molecular weight excluding hydrogens is 279 g/mol. The average Bonchev–Trinajstić information content (AvgIpc) is 3.20. The lowest BCUT2D eigenvalue weighted by molar-refractivity contribution is 0.447. The standard InChI is InChI=1S/C15H12F3N3/c16-10-3-8(4-11(17)13(10)18)15-20-12-6-19-5-9(12)14(21-15)7-1-2-7/h3-4,7,19H,1-2,5-6H2. The van der Waals surface area contributed by atoms with Crippen molar-refractivity contribution in [3.8, 4) is 11.4 Å². The van der Waals surface area contributed by atoms with E-state index in [9.17, 15) is 13.2 Å². The smallest absolute Gasteiger partial charge is 0.194 e. The molecule has 0 bridgehead atoms. The van der Waals surface area contributed by atoms with Crippen LogP contribution in [0.3, 0.4) is 0 Å². The molecule has 1 saturated carbocycles. The number of fused-ring (bicyclic) bond motifs is 1. The molecule has 0 atom stereocenters. The fraction of sp³-hybridized carbons (Fsp3) is 0.333. The largest absolute Gasteiger partial charge is 0.307 e. The summed E-state index contributed by atoms with van der Waals surface area (Å²) in [5, 5.41) is 3.21. The summed E-state index contributed by atoms with van der Waals surface area (Å²) in [5.41, 5.74) is 3.10. The monoisotopic (exact) mass is 291 g/mol. The molecule has 6 heteroatoms. The van der Waals surface area contributed by atoms with Gasteiger partial charge in [0.1, 0.15) is 0 Å². The van der Waals surface area contributed by atoms with E-state index < -0.39 is 17.5 Å². The van der Waals surface area contributed by atoms with Crippen LogP contribution in [-0.4, -0.2) is 9.97 Å². The molecule has 1 aliphatic heterocycles. The summed E-state index contributed by atoms with van der Waals surface area (Å²) < 4.78 is 39.8. The molecule has 3 nitrogen and oxygen atoms in total. The average molecular weight is 291 g/mol. The molecule has 1 N–H and O–H groups in total. The van der Waals surface area contributed by atoms with Crippen LogP contribution in [-0.2, 0) is 13.1 Å². The first-order valence-electron chi connectivity index (χ1n) is 6.89. The third-order valence-electron chi connectivity index (χ3n) is 3.93. The Morgan fingerprint density at radius 3 is 2.38 bits per heavy atom. The number of nitrogens with zero attached hydrogens (tertiary/aromatic N) is 2. The maximum atomic E-state index is 13.4. The SMILES string of the molecule is Fc1cc(-c2nc3c(c(C4CC4)n2)CNC3)cc(F)c1F. The highest BCUT2D eigenvalue weighted by atomic mass is 19.2. The van der Waals surface area contributed by atoms with Crippen molar-refractivity contribution in [2.45, 2.75) is 31.8 Å². The molecule has 1 fully saturated rings. The van der Waals surface area contributed by atoms with Gasteiger partial charge in [0.25, 0.3) is 0 Å². The molecule has 21 heavy (non-hydrogen) atoms. The molecule has 1 aliphatic carbocycles. The second kappa shape index (κ2) is 4.53. The first-order chi connectivity index (χ1) is 10.1. The van der Waals surface area contributed by atoms with Gasteiger partial charge in [-0.2, -0.15) is 0 Å². The normalized spacial score (nSPS) is 17.1. The molecule has 0 spiro atoms. The molecule has 2 aliphatic rings. The lowest BCUT2D eigenvalue weighted by atomic mass is 10.1. The molecule has 4 rings (SSSR count). The highest BCUT2D eigenvalue weighted by molar-refractivity contribution is 5.57. The first-order valence-corrected chi connectivity index (χ1v) is 6.89. The third kappa shape index (κ3) is 2.10. The van der Waals surface area contributed by atoms with Gasteiger partial charge in [-0.25, -0.2) is 23.1 Å². The Bertz CT molecular complexity index is 718. The molecule has 2 heterocycles. The molecule has 0 amide bonds. The molecule has 0 radical (unpaired) electrons. The molecule has 1 aromatic carbocycles. The van der Waals surface area contributed by atoms with E-state index in [1.54, 1.807) is 0 Å². The van der Waals surface area contributed by atoms with Crippen molar-refractivity contribution in [2.75, 3.05) is 0 Å². The molecule has 0 unspecified atom stereocenters. The van der Waals surface area contributed by atoms with Crippen molar-refractivity contribution in [3.63, 3.8) is 0 Å². The van der Waals surface area contributed by atoms with Crippen LogP contribution in [0.2, 0.25) is 0 Å². The lowest BCUT2D eigenvalue weighted by Gasteiger charge is -2.09. The maximum absolute atomic E-state index is 13.4. The number of rotatable bonds is 2. The summed E-state index contributed by atoms with van der Waals surface area (Å²) in [6, 6.07) is 1.89. The van der Waals surface area contributed by atoms with Crippen molar-refractivity contribution in [3.05, 3.63) is 46.5 Å². The van der Waals surface area contributed by atoms with Gasteiger partial charge in [-0.3, -0.25) is 0 Å². The van der Waals surface area contributed by atoms with E-state index in [-0.39, 0.29) is 11.4 Å². The zero-order valence-electron chi connectivity index (χ0n) is 11.1. The zero-order chi connectivity index (χ0) is 14.6. The number of hydrogen-bond donors (Lipinski definition) is 1. The summed E-state index contributed by atoms with van der Waals surface area (Å²) in [7, 11) is 0. The summed E-state index contributed by atoms with van der Waals surface area (Å²) in [5.74, 6) is -3.24. The van der Waals surface area contributed by atoms with Crippen LogP contribution in [0.4, 0.5) is 13.2 Å². The van der Waals surface area contributed by atoms with E-state index in [0.717, 1.165) is 48.5 Å². The van der Waals surface area contributed by atoms with Gasteiger partial charge in [-0.1, -0.05) is 0 Å². The van der Waals surface area contributed by atoms with E-state index >= 15 is 0 Å². The Labute approximate surface area is 119 Å². The van der Waals surface area contributed by atoms with Crippen LogP contribution in [0.5, 0.6) is 0 Å². The summed E-state index contributed by atoms with van der Waals surface area (Å²) in [6.45, 7) is 1.35. The van der Waals surface area contributed by atoms with E-state index in [0.29, 0.717) is 12.5 Å². The van der Waals surface area contributed by atoms with Crippen LogP contribution >= 0.6 is 0 Å². The van der Waals surface area contributed by atoms with Crippen molar-refractivity contribution in [1.82, 2.24) is 15.3 Å². The minimum atomic E-state index is -1.47. The molecule has 2 aromatic rings. The van der Waals surface area contributed by atoms with Gasteiger partial charge in [0, 0.05) is 30.1 Å². The number of benzene rings is 1. The summed E-state index contributed by atoms with van der Waals surface area (Å²) >= 11 is 0.